The number of nitrogens with one attached hydrogen (secondary N) is 2. The van der Waals surface area contributed by atoms with E-state index >= 15 is 0 Å². The number of oxazole rings is 1. The Morgan fingerprint density at radius 3 is 2.47 bits per heavy atom. The molecule has 2 aromatic carbocycles. The summed E-state index contributed by atoms with van der Waals surface area (Å²) >= 11 is 0. The molecule has 2 heterocycles. The van der Waals surface area contributed by atoms with E-state index in [-0.39, 0.29) is 17.7 Å². The molecule has 2 aromatic heterocycles. The normalized spacial score (nSPS) is 12.3. The summed E-state index contributed by atoms with van der Waals surface area (Å²) < 4.78 is 5.25. The predicted molar refractivity (Wildman–Crippen MR) is 128 cm³/mol. The van der Waals surface area contributed by atoms with Gasteiger partial charge in [-0.3, -0.25) is 14.4 Å². The van der Waals surface area contributed by atoms with Gasteiger partial charge in [0.2, 0.25) is 11.7 Å². The second-order valence-corrected chi connectivity index (χ2v) is 8.95. The second-order valence-electron chi connectivity index (χ2n) is 8.95. The molecule has 4 rings (SSSR count). The van der Waals surface area contributed by atoms with Crippen LogP contribution in [0.25, 0.3) is 10.9 Å². The summed E-state index contributed by atoms with van der Waals surface area (Å²) in [4.78, 5) is 48.5. The van der Waals surface area contributed by atoms with Gasteiger partial charge in [0.05, 0.1) is 11.9 Å². The van der Waals surface area contributed by atoms with Gasteiger partial charge in [0.1, 0.15) is 0 Å². The average Bonchev–Trinajstić information content (AvgIpc) is 3.35. The average molecular weight is 459 g/mol. The number of carbonyl (C=O) groups is 2. The molecular weight excluding hydrogens is 432 g/mol. The van der Waals surface area contributed by atoms with E-state index in [1.807, 2.05) is 51.1 Å². The highest BCUT2D eigenvalue weighted by molar-refractivity contribution is 5.96. The Kier molecular flexibility index (Phi) is 6.32. The van der Waals surface area contributed by atoms with Crippen molar-refractivity contribution >= 4 is 22.7 Å². The van der Waals surface area contributed by atoms with Crippen molar-refractivity contribution in [2.75, 3.05) is 0 Å². The molecule has 0 bridgehead atoms. The molecule has 0 fully saturated rings. The highest BCUT2D eigenvalue weighted by atomic mass is 16.3. The van der Waals surface area contributed by atoms with Crippen LogP contribution in [0.2, 0.25) is 0 Å². The highest BCUT2D eigenvalue weighted by Crippen LogP contribution is 2.30. The van der Waals surface area contributed by atoms with Crippen molar-refractivity contribution in [2.24, 2.45) is 0 Å². The number of hydrogen-bond acceptors (Lipinski definition) is 5. The molecule has 4 aromatic rings. The fourth-order valence-corrected chi connectivity index (χ4v) is 3.89. The van der Waals surface area contributed by atoms with E-state index < -0.39 is 23.4 Å². The molecule has 0 radical (unpaired) electrons. The Bertz CT molecular complexity index is 1360. The van der Waals surface area contributed by atoms with Gasteiger partial charge in [-0.15, -0.1) is 0 Å². The third kappa shape index (κ3) is 4.76. The number of amides is 2. The van der Waals surface area contributed by atoms with Gasteiger partial charge in [0.15, 0.2) is 17.9 Å². The SMILES string of the molecule is CC(C)(C)N(C(=O)c1cnco1)C(C(=O)NCc1ccccc1)c1cc(=O)c2ccccc2[nH]1. The predicted octanol–water partition coefficient (Wildman–Crippen LogP) is 3.81. The maximum absolute atomic E-state index is 13.7. The van der Waals surface area contributed by atoms with Crippen LogP contribution in [0.15, 0.2) is 82.5 Å². The summed E-state index contributed by atoms with van der Waals surface area (Å²) in [5.41, 5.74) is 0.738. The van der Waals surface area contributed by atoms with Crippen molar-refractivity contribution in [1.29, 1.82) is 0 Å². The van der Waals surface area contributed by atoms with Crippen LogP contribution in [0.5, 0.6) is 0 Å². The summed E-state index contributed by atoms with van der Waals surface area (Å²) in [5.74, 6) is -0.949. The zero-order valence-corrected chi connectivity index (χ0v) is 19.2. The van der Waals surface area contributed by atoms with Gasteiger partial charge in [-0.1, -0.05) is 42.5 Å². The maximum Gasteiger partial charge on any atom is 0.292 e. The lowest BCUT2D eigenvalue weighted by atomic mass is 9.98. The lowest BCUT2D eigenvalue weighted by Crippen LogP contribution is -2.52. The molecule has 0 spiro atoms. The topological polar surface area (TPSA) is 108 Å². The standard InChI is InChI=1S/C26H26N4O4/c1-26(2,3)30(25(33)22-15-27-16-34-22)23(24(32)28-14-17-9-5-4-6-10-17)20-13-21(31)18-11-7-8-12-19(18)29-20/h4-13,15-16,23H,14H2,1-3H3,(H,28,32)(H,29,31). The number of benzene rings is 2. The monoisotopic (exact) mass is 458 g/mol. The van der Waals surface area contributed by atoms with Crippen LogP contribution in [0.3, 0.4) is 0 Å². The molecule has 1 unspecified atom stereocenters. The largest absolute Gasteiger partial charge is 0.438 e. The molecule has 174 valence electrons. The summed E-state index contributed by atoms with van der Waals surface area (Å²) in [7, 11) is 0. The van der Waals surface area contributed by atoms with Crippen LogP contribution >= 0.6 is 0 Å². The molecule has 8 nitrogen and oxygen atoms in total. The number of H-pyrrole nitrogens is 1. The summed E-state index contributed by atoms with van der Waals surface area (Å²) in [6.07, 6.45) is 2.47. The quantitative estimate of drug-likeness (QED) is 0.457. The van der Waals surface area contributed by atoms with E-state index in [1.54, 1.807) is 24.3 Å². The van der Waals surface area contributed by atoms with E-state index in [9.17, 15) is 14.4 Å². The van der Waals surface area contributed by atoms with Crippen LogP contribution in [0, 0.1) is 0 Å². The van der Waals surface area contributed by atoms with Gasteiger partial charge in [-0.05, 0) is 38.5 Å². The fourth-order valence-electron chi connectivity index (χ4n) is 3.89. The number of rotatable bonds is 6. The Morgan fingerprint density at radius 2 is 1.79 bits per heavy atom. The van der Waals surface area contributed by atoms with Gasteiger partial charge in [0.25, 0.3) is 5.91 Å². The van der Waals surface area contributed by atoms with Crippen LogP contribution in [-0.4, -0.2) is 32.2 Å². The lowest BCUT2D eigenvalue weighted by Gasteiger charge is -2.40. The molecule has 2 amide bonds. The molecule has 2 N–H and O–H groups in total. The van der Waals surface area contributed by atoms with Gasteiger partial charge in [-0.25, -0.2) is 4.98 Å². The van der Waals surface area contributed by atoms with E-state index in [2.05, 4.69) is 15.3 Å². The van der Waals surface area contributed by atoms with Gasteiger partial charge in [-0.2, -0.15) is 0 Å². The molecule has 34 heavy (non-hydrogen) atoms. The van der Waals surface area contributed by atoms with Crippen molar-refractivity contribution in [3.05, 3.63) is 100 Å². The Labute approximate surface area is 196 Å². The summed E-state index contributed by atoms with van der Waals surface area (Å²) in [6, 6.07) is 16.8. The number of hydrogen-bond donors (Lipinski definition) is 2. The maximum atomic E-state index is 13.7. The lowest BCUT2D eigenvalue weighted by molar-refractivity contribution is -0.128. The van der Waals surface area contributed by atoms with E-state index in [1.165, 1.54) is 17.2 Å². The number of nitrogens with zero attached hydrogens (tertiary/aromatic N) is 2. The number of pyridine rings is 1. The van der Waals surface area contributed by atoms with Crippen LogP contribution in [0.4, 0.5) is 0 Å². The molecule has 0 aliphatic rings. The molecule has 0 saturated carbocycles. The van der Waals surface area contributed by atoms with Crippen LogP contribution < -0.4 is 10.7 Å². The number of para-hydroxylation sites is 1. The Morgan fingerprint density at radius 1 is 1.09 bits per heavy atom. The zero-order chi connectivity index (χ0) is 24.3. The van der Waals surface area contributed by atoms with Crippen molar-refractivity contribution in [1.82, 2.24) is 20.2 Å². The Hall–Kier alpha value is -4.20. The first-order valence-corrected chi connectivity index (χ1v) is 10.9. The first-order chi connectivity index (χ1) is 16.3. The first kappa shape index (κ1) is 23.0. The van der Waals surface area contributed by atoms with Crippen molar-refractivity contribution in [3.8, 4) is 0 Å². The van der Waals surface area contributed by atoms with Gasteiger partial charge in [0, 0.05) is 29.1 Å². The summed E-state index contributed by atoms with van der Waals surface area (Å²) in [5, 5.41) is 3.42. The number of fused-ring (bicyclic) bond motifs is 1. The molecule has 0 aliphatic carbocycles. The minimum absolute atomic E-state index is 0.001000. The fraction of sp³-hybridized carbons (Fsp3) is 0.231. The molecule has 8 heteroatoms. The van der Waals surface area contributed by atoms with Crippen molar-refractivity contribution in [2.45, 2.75) is 38.9 Å². The molecular formula is C26H26N4O4. The first-order valence-electron chi connectivity index (χ1n) is 10.9. The van der Waals surface area contributed by atoms with E-state index in [0.29, 0.717) is 16.6 Å². The molecule has 1 atom stereocenters. The van der Waals surface area contributed by atoms with E-state index in [0.717, 1.165) is 12.0 Å². The third-order valence-electron chi connectivity index (χ3n) is 5.45. The van der Waals surface area contributed by atoms with Crippen molar-refractivity contribution < 1.29 is 14.0 Å². The number of aromatic nitrogens is 2. The summed E-state index contributed by atoms with van der Waals surface area (Å²) in [6.45, 7) is 5.72. The Balaban J connectivity index is 1.82. The second kappa shape index (κ2) is 9.35. The minimum atomic E-state index is -1.13. The molecule has 0 aliphatic heterocycles. The van der Waals surface area contributed by atoms with Crippen molar-refractivity contribution in [3.63, 3.8) is 0 Å². The third-order valence-corrected chi connectivity index (χ3v) is 5.45. The van der Waals surface area contributed by atoms with Crippen LogP contribution in [0.1, 0.15) is 48.6 Å². The zero-order valence-electron chi connectivity index (χ0n) is 19.2. The van der Waals surface area contributed by atoms with Gasteiger partial charge >= 0.3 is 0 Å². The number of aromatic amines is 1. The molecule has 0 saturated heterocycles. The van der Waals surface area contributed by atoms with Crippen LogP contribution in [-0.2, 0) is 11.3 Å². The van der Waals surface area contributed by atoms with Gasteiger partial charge < -0.3 is 19.6 Å². The highest BCUT2D eigenvalue weighted by Gasteiger charge is 2.40. The minimum Gasteiger partial charge on any atom is -0.438 e. The number of carbonyl (C=O) groups excluding carboxylic acids is 2. The van der Waals surface area contributed by atoms with E-state index in [4.69, 9.17) is 4.42 Å². The smallest absolute Gasteiger partial charge is 0.292 e.